The maximum Gasteiger partial charge on any atom is 0.255 e. The zero-order chi connectivity index (χ0) is 21.3. The molecule has 2 atom stereocenters. The van der Waals surface area contributed by atoms with Crippen LogP contribution >= 0.6 is 0 Å². The standard InChI is InChI=1S/C25H25N3O3/c1-25-23-22(18-5-3-4-6-20(18)26-23)19(15-7-11-17(31-2)12-8-15)13-28(25)21(29)14-27(24(25)30)16-9-10-16/h3-8,11-12,16,19,26H,9-10,13-14H2,1-2H3/t19-,25+/m1/s1. The molecule has 2 amide bonds. The van der Waals surface area contributed by atoms with E-state index in [1.165, 1.54) is 0 Å². The minimum absolute atomic E-state index is 0.0191. The number of nitrogens with one attached hydrogen (secondary N) is 1. The summed E-state index contributed by atoms with van der Waals surface area (Å²) >= 11 is 0. The number of amides is 2. The van der Waals surface area contributed by atoms with E-state index in [-0.39, 0.29) is 30.3 Å². The molecule has 0 radical (unpaired) electrons. The summed E-state index contributed by atoms with van der Waals surface area (Å²) in [5, 5.41) is 1.11. The van der Waals surface area contributed by atoms with Gasteiger partial charge in [-0.15, -0.1) is 0 Å². The first-order chi connectivity index (χ1) is 15.0. The zero-order valence-corrected chi connectivity index (χ0v) is 17.7. The highest BCUT2D eigenvalue weighted by atomic mass is 16.5. The fourth-order valence-electron chi connectivity index (χ4n) is 5.45. The van der Waals surface area contributed by atoms with Crippen molar-refractivity contribution in [2.24, 2.45) is 0 Å². The van der Waals surface area contributed by atoms with E-state index in [1.807, 2.05) is 42.2 Å². The van der Waals surface area contributed by atoms with Crippen LogP contribution in [0.25, 0.3) is 10.9 Å². The molecular formula is C25H25N3O3. The van der Waals surface area contributed by atoms with Crippen LogP contribution in [0.3, 0.4) is 0 Å². The molecule has 3 heterocycles. The highest BCUT2D eigenvalue weighted by Gasteiger charge is 2.58. The Labute approximate surface area is 180 Å². The van der Waals surface area contributed by atoms with Crippen molar-refractivity contribution < 1.29 is 14.3 Å². The summed E-state index contributed by atoms with van der Waals surface area (Å²) in [5.41, 5.74) is 3.08. The number of ether oxygens (including phenoxy) is 1. The van der Waals surface area contributed by atoms with E-state index in [1.54, 1.807) is 12.0 Å². The Kier molecular flexibility index (Phi) is 3.79. The van der Waals surface area contributed by atoms with Crippen LogP contribution < -0.4 is 4.74 Å². The quantitative estimate of drug-likeness (QED) is 0.713. The largest absolute Gasteiger partial charge is 0.497 e. The number of hydrogen-bond acceptors (Lipinski definition) is 3. The molecule has 3 aliphatic rings. The average Bonchev–Trinajstić information content (AvgIpc) is 3.56. The van der Waals surface area contributed by atoms with Crippen molar-refractivity contribution in [3.05, 3.63) is 65.4 Å². The van der Waals surface area contributed by atoms with Crippen molar-refractivity contribution in [3.63, 3.8) is 0 Å². The van der Waals surface area contributed by atoms with Gasteiger partial charge in [0.05, 0.1) is 12.8 Å². The van der Waals surface area contributed by atoms with Gasteiger partial charge in [0.25, 0.3) is 5.91 Å². The molecule has 0 unspecified atom stereocenters. The van der Waals surface area contributed by atoms with Crippen LogP contribution in [0.5, 0.6) is 5.75 Å². The van der Waals surface area contributed by atoms with E-state index in [2.05, 4.69) is 23.2 Å². The summed E-state index contributed by atoms with van der Waals surface area (Å²) in [6, 6.07) is 16.4. The van der Waals surface area contributed by atoms with Gasteiger partial charge in [0, 0.05) is 29.4 Å². The van der Waals surface area contributed by atoms with Gasteiger partial charge in [0.15, 0.2) is 5.54 Å². The fraction of sp³-hybridized carbons (Fsp3) is 0.360. The van der Waals surface area contributed by atoms with E-state index in [9.17, 15) is 9.59 Å². The monoisotopic (exact) mass is 415 g/mol. The topological polar surface area (TPSA) is 65.6 Å². The van der Waals surface area contributed by atoms with Crippen LogP contribution in [0.15, 0.2) is 48.5 Å². The van der Waals surface area contributed by atoms with E-state index < -0.39 is 5.54 Å². The number of piperazine rings is 1. The lowest BCUT2D eigenvalue weighted by atomic mass is 9.76. The summed E-state index contributed by atoms with van der Waals surface area (Å²) in [5.74, 6) is 0.842. The molecule has 1 saturated carbocycles. The first kappa shape index (κ1) is 18.5. The van der Waals surface area contributed by atoms with E-state index in [0.717, 1.165) is 46.3 Å². The third kappa shape index (κ3) is 2.51. The summed E-state index contributed by atoms with van der Waals surface area (Å²) in [6.07, 6.45) is 1.98. The van der Waals surface area contributed by atoms with Crippen molar-refractivity contribution in [3.8, 4) is 5.75 Å². The van der Waals surface area contributed by atoms with Gasteiger partial charge in [0.2, 0.25) is 5.91 Å². The highest BCUT2D eigenvalue weighted by Crippen LogP contribution is 2.49. The average molecular weight is 415 g/mol. The normalized spacial score (nSPS) is 25.5. The second kappa shape index (κ2) is 6.36. The zero-order valence-electron chi connectivity index (χ0n) is 17.7. The maximum atomic E-state index is 13.8. The molecule has 31 heavy (non-hydrogen) atoms. The number of nitrogens with zero attached hydrogens (tertiary/aromatic N) is 2. The fourth-order valence-corrected chi connectivity index (χ4v) is 5.45. The Morgan fingerprint density at radius 3 is 2.52 bits per heavy atom. The lowest BCUT2D eigenvalue weighted by Crippen LogP contribution is -2.67. The van der Waals surface area contributed by atoms with Crippen LogP contribution in [-0.2, 0) is 15.1 Å². The number of rotatable bonds is 3. The molecule has 1 aliphatic carbocycles. The number of H-pyrrole nitrogens is 1. The van der Waals surface area contributed by atoms with Gasteiger partial charge < -0.3 is 19.5 Å². The number of para-hydroxylation sites is 1. The molecule has 2 aromatic carbocycles. The Bertz CT molecular complexity index is 1210. The molecule has 3 aromatic rings. The molecule has 6 nitrogen and oxygen atoms in total. The first-order valence-corrected chi connectivity index (χ1v) is 10.9. The number of hydrogen-bond donors (Lipinski definition) is 1. The molecule has 2 fully saturated rings. The Balaban J connectivity index is 1.57. The maximum absolute atomic E-state index is 13.8. The molecular weight excluding hydrogens is 390 g/mol. The summed E-state index contributed by atoms with van der Waals surface area (Å²) in [6.45, 7) is 2.59. The summed E-state index contributed by atoms with van der Waals surface area (Å²) < 4.78 is 5.33. The van der Waals surface area contributed by atoms with Crippen molar-refractivity contribution >= 4 is 22.7 Å². The van der Waals surface area contributed by atoms with Crippen LogP contribution in [0.2, 0.25) is 0 Å². The molecule has 6 rings (SSSR count). The first-order valence-electron chi connectivity index (χ1n) is 10.9. The number of methoxy groups -OCH3 is 1. The number of fused-ring (bicyclic) bond motifs is 5. The van der Waals surface area contributed by atoms with Gasteiger partial charge >= 0.3 is 0 Å². The van der Waals surface area contributed by atoms with Crippen LogP contribution in [0, 0.1) is 0 Å². The number of carbonyl (C=O) groups excluding carboxylic acids is 2. The van der Waals surface area contributed by atoms with Gasteiger partial charge in [-0.3, -0.25) is 9.59 Å². The van der Waals surface area contributed by atoms with Crippen molar-refractivity contribution in [2.75, 3.05) is 20.2 Å². The van der Waals surface area contributed by atoms with Crippen molar-refractivity contribution in [2.45, 2.75) is 37.3 Å². The number of aromatic amines is 1. The van der Waals surface area contributed by atoms with Gasteiger partial charge in [-0.25, -0.2) is 0 Å². The number of aromatic nitrogens is 1. The van der Waals surface area contributed by atoms with Gasteiger partial charge in [-0.2, -0.15) is 0 Å². The lowest BCUT2D eigenvalue weighted by molar-refractivity contribution is -0.166. The van der Waals surface area contributed by atoms with Crippen LogP contribution in [0.4, 0.5) is 0 Å². The van der Waals surface area contributed by atoms with Crippen LogP contribution in [0.1, 0.15) is 42.5 Å². The van der Waals surface area contributed by atoms with Crippen molar-refractivity contribution in [1.82, 2.24) is 14.8 Å². The second-order valence-electron chi connectivity index (χ2n) is 9.03. The highest BCUT2D eigenvalue weighted by molar-refractivity contribution is 6.01. The number of carbonyl (C=O) groups is 2. The van der Waals surface area contributed by atoms with Gasteiger partial charge in [-0.1, -0.05) is 30.3 Å². The molecule has 6 heteroatoms. The molecule has 158 valence electrons. The number of benzene rings is 2. The third-order valence-electron chi connectivity index (χ3n) is 7.28. The molecule has 1 saturated heterocycles. The van der Waals surface area contributed by atoms with Gasteiger partial charge in [0.1, 0.15) is 12.3 Å². The second-order valence-corrected chi connectivity index (χ2v) is 9.03. The minimum atomic E-state index is -1.00. The van der Waals surface area contributed by atoms with Crippen LogP contribution in [-0.4, -0.2) is 52.8 Å². The Morgan fingerprint density at radius 2 is 1.81 bits per heavy atom. The summed E-state index contributed by atoms with van der Waals surface area (Å²) in [7, 11) is 1.66. The molecule has 1 aromatic heterocycles. The van der Waals surface area contributed by atoms with E-state index in [4.69, 9.17) is 4.74 Å². The SMILES string of the molecule is COc1ccc([C@H]2CN3C(=O)CN(C4CC4)C(=O)[C@]3(C)c3[nH]c4ccccc4c32)cc1. The Hall–Kier alpha value is -3.28. The minimum Gasteiger partial charge on any atom is -0.497 e. The molecule has 2 aliphatic heterocycles. The third-order valence-corrected chi connectivity index (χ3v) is 7.28. The predicted molar refractivity (Wildman–Crippen MR) is 117 cm³/mol. The van der Waals surface area contributed by atoms with Gasteiger partial charge in [-0.05, 0) is 49.1 Å². The smallest absolute Gasteiger partial charge is 0.255 e. The van der Waals surface area contributed by atoms with Crippen molar-refractivity contribution in [1.29, 1.82) is 0 Å². The molecule has 1 N–H and O–H groups in total. The summed E-state index contributed by atoms with van der Waals surface area (Å²) in [4.78, 5) is 34.2. The lowest BCUT2D eigenvalue weighted by Gasteiger charge is -2.51. The van der Waals surface area contributed by atoms with E-state index in [0.29, 0.717) is 6.54 Å². The molecule has 0 spiro atoms. The Morgan fingerprint density at radius 1 is 1.06 bits per heavy atom. The predicted octanol–water partition coefficient (Wildman–Crippen LogP) is 3.37. The van der Waals surface area contributed by atoms with E-state index >= 15 is 0 Å². The molecule has 0 bridgehead atoms.